The highest BCUT2D eigenvalue weighted by atomic mass is 16.4. The van der Waals surface area contributed by atoms with E-state index in [-0.39, 0.29) is 27.8 Å². The van der Waals surface area contributed by atoms with Crippen LogP contribution < -0.4 is 11.5 Å². The number of hydrogen-bond donors (Lipinski definition) is 4. The smallest absolute Gasteiger partial charge is 0.340 e. The summed E-state index contributed by atoms with van der Waals surface area (Å²) in [7, 11) is 0. The number of benzene rings is 3. The molecule has 6 N–H and O–H groups in total. The van der Waals surface area contributed by atoms with Gasteiger partial charge in [0.15, 0.2) is 0 Å². The minimum absolute atomic E-state index is 0.153. The van der Waals surface area contributed by atoms with Crippen LogP contribution in [0.2, 0.25) is 0 Å². The molecule has 1 amide bonds. The molecule has 0 aliphatic rings. The summed E-state index contributed by atoms with van der Waals surface area (Å²) >= 11 is 0. The molecule has 3 aromatic carbocycles. The SMILES string of the molecule is CCCCCCCCCCCCCCCCc1ccc2c(C(=O)O)c(O)c(-c3ccccc3)c(N)c2c1C(N)=O. The highest BCUT2D eigenvalue weighted by molar-refractivity contribution is 6.21. The first-order chi connectivity index (χ1) is 19.4. The molecule has 0 aliphatic heterocycles. The Morgan fingerprint density at radius 1 is 0.725 bits per heavy atom. The largest absolute Gasteiger partial charge is 0.506 e. The van der Waals surface area contributed by atoms with Crippen LogP contribution in [0.15, 0.2) is 42.5 Å². The van der Waals surface area contributed by atoms with Crippen molar-refractivity contribution in [1.29, 1.82) is 0 Å². The summed E-state index contributed by atoms with van der Waals surface area (Å²) in [6.07, 6.45) is 18.4. The van der Waals surface area contributed by atoms with Gasteiger partial charge in [0.1, 0.15) is 11.3 Å². The van der Waals surface area contributed by atoms with Gasteiger partial charge in [-0.25, -0.2) is 4.79 Å². The average Bonchev–Trinajstić information content (AvgIpc) is 2.93. The molecule has 0 spiro atoms. The molecule has 0 aromatic heterocycles. The molecule has 216 valence electrons. The number of unbranched alkanes of at least 4 members (excludes halogenated alkanes) is 13. The Morgan fingerprint density at radius 2 is 1.25 bits per heavy atom. The van der Waals surface area contributed by atoms with Crippen LogP contribution in [-0.2, 0) is 6.42 Å². The number of carbonyl (C=O) groups excluding carboxylic acids is 1. The van der Waals surface area contributed by atoms with E-state index in [1.807, 2.05) is 6.07 Å². The fourth-order valence-corrected chi connectivity index (χ4v) is 5.75. The van der Waals surface area contributed by atoms with Crippen molar-refractivity contribution in [3.05, 3.63) is 59.2 Å². The van der Waals surface area contributed by atoms with Crippen molar-refractivity contribution in [2.45, 2.75) is 103 Å². The molecule has 40 heavy (non-hydrogen) atoms. The normalized spacial score (nSPS) is 11.2. The molecule has 6 nitrogen and oxygen atoms in total. The number of anilines is 1. The minimum atomic E-state index is -1.30. The summed E-state index contributed by atoms with van der Waals surface area (Å²) < 4.78 is 0. The van der Waals surface area contributed by atoms with E-state index in [1.54, 1.807) is 36.4 Å². The average molecular weight is 547 g/mol. The Bertz CT molecular complexity index is 1270. The van der Waals surface area contributed by atoms with Crippen LogP contribution in [0.25, 0.3) is 21.9 Å². The third-order valence-corrected chi connectivity index (χ3v) is 7.90. The Kier molecular flexibility index (Phi) is 12.3. The number of phenols is 1. The van der Waals surface area contributed by atoms with Crippen molar-refractivity contribution in [2.24, 2.45) is 5.73 Å². The second-order valence-electron chi connectivity index (χ2n) is 10.9. The van der Waals surface area contributed by atoms with E-state index in [9.17, 15) is 19.8 Å². The second-order valence-corrected chi connectivity index (χ2v) is 10.9. The Morgan fingerprint density at radius 3 is 1.75 bits per heavy atom. The van der Waals surface area contributed by atoms with Gasteiger partial charge in [-0.1, -0.05) is 133 Å². The molecular weight excluding hydrogens is 500 g/mol. The molecule has 0 radical (unpaired) electrons. The predicted molar refractivity (Wildman–Crippen MR) is 165 cm³/mol. The molecule has 0 bridgehead atoms. The molecule has 6 heteroatoms. The molecule has 3 rings (SSSR count). The van der Waals surface area contributed by atoms with Gasteiger partial charge in [0.2, 0.25) is 5.91 Å². The van der Waals surface area contributed by atoms with E-state index in [4.69, 9.17) is 11.5 Å². The molecule has 0 aliphatic carbocycles. The molecule has 0 saturated heterocycles. The number of fused-ring (bicyclic) bond motifs is 1. The zero-order chi connectivity index (χ0) is 28.9. The number of aryl methyl sites for hydroxylation is 1. The monoisotopic (exact) mass is 546 g/mol. The van der Waals surface area contributed by atoms with Crippen LogP contribution in [0, 0.1) is 0 Å². The fourth-order valence-electron chi connectivity index (χ4n) is 5.75. The second kappa shape index (κ2) is 15.9. The molecule has 3 aromatic rings. The summed E-state index contributed by atoms with van der Waals surface area (Å²) in [5.41, 5.74) is 14.0. The van der Waals surface area contributed by atoms with Crippen LogP contribution in [0.5, 0.6) is 5.75 Å². The van der Waals surface area contributed by atoms with Crippen molar-refractivity contribution in [2.75, 3.05) is 5.73 Å². The van der Waals surface area contributed by atoms with Gasteiger partial charge in [0.25, 0.3) is 0 Å². The van der Waals surface area contributed by atoms with E-state index in [0.29, 0.717) is 17.4 Å². The number of carbonyl (C=O) groups is 2. The lowest BCUT2D eigenvalue weighted by atomic mass is 9.87. The van der Waals surface area contributed by atoms with E-state index in [0.717, 1.165) is 24.8 Å². The van der Waals surface area contributed by atoms with Crippen molar-refractivity contribution in [3.63, 3.8) is 0 Å². The quantitative estimate of drug-likeness (QED) is 0.0938. The zero-order valence-corrected chi connectivity index (χ0v) is 24.0. The number of hydrogen-bond acceptors (Lipinski definition) is 4. The van der Waals surface area contributed by atoms with Crippen molar-refractivity contribution in [3.8, 4) is 16.9 Å². The standard InChI is InChI=1S/C34H46N2O4/c1-2-3-4-5-6-7-8-9-10-11-12-13-14-16-21-25-22-23-26-29(27(25)33(36)38)31(35)28(24-19-17-15-18-20-24)32(37)30(26)34(39)40/h15,17-20,22-23,37H,2-14,16,21,35H2,1H3,(H2,36,38)(H,39,40). The van der Waals surface area contributed by atoms with Crippen LogP contribution in [0.3, 0.4) is 0 Å². The maximum absolute atomic E-state index is 12.7. The lowest BCUT2D eigenvalue weighted by Crippen LogP contribution is -2.16. The predicted octanol–water partition coefficient (Wildman–Crippen LogP) is 8.62. The Labute approximate surface area is 238 Å². The summed E-state index contributed by atoms with van der Waals surface area (Å²) in [6, 6.07) is 12.2. The first-order valence-electron chi connectivity index (χ1n) is 15.1. The minimum Gasteiger partial charge on any atom is -0.506 e. The van der Waals surface area contributed by atoms with Crippen molar-refractivity contribution >= 4 is 28.3 Å². The Hall–Kier alpha value is -3.54. The molecule has 0 atom stereocenters. The van der Waals surface area contributed by atoms with Gasteiger partial charge in [0.05, 0.1) is 11.3 Å². The summed E-state index contributed by atoms with van der Waals surface area (Å²) in [5.74, 6) is -2.37. The van der Waals surface area contributed by atoms with Gasteiger partial charge in [-0.2, -0.15) is 0 Å². The lowest BCUT2D eigenvalue weighted by Gasteiger charge is -2.19. The zero-order valence-electron chi connectivity index (χ0n) is 24.0. The van der Waals surface area contributed by atoms with Gasteiger partial charge in [-0.05, 0) is 24.0 Å². The number of rotatable bonds is 18. The van der Waals surface area contributed by atoms with Crippen LogP contribution in [-0.4, -0.2) is 22.1 Å². The van der Waals surface area contributed by atoms with Gasteiger partial charge in [0, 0.05) is 16.3 Å². The number of aromatic hydroxyl groups is 1. The van der Waals surface area contributed by atoms with Gasteiger partial charge in [-0.15, -0.1) is 0 Å². The van der Waals surface area contributed by atoms with Gasteiger partial charge in [-0.3, -0.25) is 4.79 Å². The first kappa shape index (κ1) is 31.0. The fraction of sp³-hybridized carbons (Fsp3) is 0.471. The van der Waals surface area contributed by atoms with E-state index < -0.39 is 17.6 Å². The maximum atomic E-state index is 12.7. The molecule has 0 heterocycles. The maximum Gasteiger partial charge on any atom is 0.340 e. The number of carboxylic acids is 1. The third-order valence-electron chi connectivity index (χ3n) is 7.90. The van der Waals surface area contributed by atoms with Crippen molar-refractivity contribution in [1.82, 2.24) is 0 Å². The lowest BCUT2D eigenvalue weighted by molar-refractivity contribution is 0.0695. The molecule has 0 fully saturated rings. The number of aromatic carboxylic acids is 1. The number of nitrogen functional groups attached to an aromatic ring is 1. The number of amides is 1. The highest BCUT2D eigenvalue weighted by Gasteiger charge is 2.26. The molecule has 0 unspecified atom stereocenters. The Balaban J connectivity index is 1.64. The van der Waals surface area contributed by atoms with E-state index in [2.05, 4.69) is 6.92 Å². The number of carboxylic acid groups (broad SMARTS) is 1. The van der Waals surface area contributed by atoms with Crippen molar-refractivity contribution < 1.29 is 19.8 Å². The van der Waals surface area contributed by atoms with Crippen LogP contribution >= 0.6 is 0 Å². The van der Waals surface area contributed by atoms with E-state index >= 15 is 0 Å². The third kappa shape index (κ3) is 8.00. The number of nitrogens with two attached hydrogens (primary N) is 2. The summed E-state index contributed by atoms with van der Waals surface area (Å²) in [6.45, 7) is 2.25. The highest BCUT2D eigenvalue weighted by Crippen LogP contribution is 2.45. The summed E-state index contributed by atoms with van der Waals surface area (Å²) in [4.78, 5) is 24.9. The van der Waals surface area contributed by atoms with Gasteiger partial charge < -0.3 is 21.7 Å². The van der Waals surface area contributed by atoms with E-state index in [1.165, 1.54) is 70.6 Å². The summed E-state index contributed by atoms with van der Waals surface area (Å²) in [5, 5.41) is 21.4. The first-order valence-corrected chi connectivity index (χ1v) is 15.1. The van der Waals surface area contributed by atoms with Crippen LogP contribution in [0.4, 0.5) is 5.69 Å². The molecular formula is C34H46N2O4. The number of primary amides is 1. The topological polar surface area (TPSA) is 127 Å². The van der Waals surface area contributed by atoms with Gasteiger partial charge >= 0.3 is 5.97 Å². The van der Waals surface area contributed by atoms with Crippen LogP contribution in [0.1, 0.15) is 123 Å². The molecule has 0 saturated carbocycles.